The standard InChI is InChI=1S/C16H17N3/c1-17-14-9-10-19-15(11-14)12-18-16(19)8-7-13-5-3-2-4-6-13/h2-6,9-12,17H,7-8H2,1H3. The maximum Gasteiger partial charge on any atom is 0.113 e. The number of aryl methyl sites for hydroxylation is 2. The molecule has 0 bridgehead atoms. The molecule has 0 spiro atoms. The van der Waals surface area contributed by atoms with Gasteiger partial charge < -0.3 is 9.72 Å². The molecule has 1 aromatic carbocycles. The minimum Gasteiger partial charge on any atom is -0.388 e. The van der Waals surface area contributed by atoms with E-state index in [1.54, 1.807) is 0 Å². The van der Waals surface area contributed by atoms with Crippen molar-refractivity contribution in [1.82, 2.24) is 9.38 Å². The van der Waals surface area contributed by atoms with Crippen LogP contribution in [0, 0.1) is 0 Å². The molecular formula is C16H17N3. The molecule has 0 amide bonds. The molecule has 2 aromatic heterocycles. The molecule has 3 rings (SSSR count). The van der Waals surface area contributed by atoms with Gasteiger partial charge in [-0.05, 0) is 24.1 Å². The zero-order valence-corrected chi connectivity index (χ0v) is 11.0. The molecule has 3 aromatic rings. The number of aromatic nitrogens is 2. The average Bonchev–Trinajstić information content (AvgIpc) is 2.88. The Labute approximate surface area is 112 Å². The third kappa shape index (κ3) is 2.45. The molecule has 0 radical (unpaired) electrons. The minimum absolute atomic E-state index is 0.955. The van der Waals surface area contributed by atoms with Gasteiger partial charge in [0.25, 0.3) is 0 Å². The van der Waals surface area contributed by atoms with Gasteiger partial charge in [0.2, 0.25) is 0 Å². The summed E-state index contributed by atoms with van der Waals surface area (Å²) in [6.45, 7) is 0. The molecule has 19 heavy (non-hydrogen) atoms. The van der Waals surface area contributed by atoms with E-state index in [9.17, 15) is 0 Å². The van der Waals surface area contributed by atoms with E-state index in [1.165, 1.54) is 5.56 Å². The van der Waals surface area contributed by atoms with Crippen molar-refractivity contribution in [1.29, 1.82) is 0 Å². The van der Waals surface area contributed by atoms with E-state index in [2.05, 4.69) is 57.3 Å². The van der Waals surface area contributed by atoms with Crippen LogP contribution in [0.25, 0.3) is 5.52 Å². The van der Waals surface area contributed by atoms with Crippen LogP contribution >= 0.6 is 0 Å². The number of benzene rings is 1. The monoisotopic (exact) mass is 251 g/mol. The molecule has 0 saturated carbocycles. The lowest BCUT2D eigenvalue weighted by Crippen LogP contribution is -1.98. The number of hydrogen-bond donors (Lipinski definition) is 1. The van der Waals surface area contributed by atoms with Crippen molar-refractivity contribution in [3.8, 4) is 0 Å². The molecule has 0 unspecified atom stereocenters. The van der Waals surface area contributed by atoms with Crippen molar-refractivity contribution in [2.24, 2.45) is 0 Å². The number of nitrogens with zero attached hydrogens (tertiary/aromatic N) is 2. The van der Waals surface area contributed by atoms with Gasteiger partial charge in [0, 0.05) is 25.4 Å². The van der Waals surface area contributed by atoms with Crippen molar-refractivity contribution in [2.45, 2.75) is 12.8 Å². The Morgan fingerprint density at radius 1 is 1.11 bits per heavy atom. The third-order valence-electron chi connectivity index (χ3n) is 3.38. The van der Waals surface area contributed by atoms with Crippen LogP contribution in [0.5, 0.6) is 0 Å². The van der Waals surface area contributed by atoms with Gasteiger partial charge in [0.1, 0.15) is 5.82 Å². The fourth-order valence-electron chi connectivity index (χ4n) is 2.30. The fourth-order valence-corrected chi connectivity index (χ4v) is 2.30. The van der Waals surface area contributed by atoms with E-state index in [0.717, 1.165) is 29.9 Å². The molecule has 0 saturated heterocycles. The molecule has 0 aliphatic carbocycles. The summed E-state index contributed by atoms with van der Waals surface area (Å²) in [6.07, 6.45) is 5.99. The normalized spacial score (nSPS) is 10.8. The lowest BCUT2D eigenvalue weighted by molar-refractivity contribution is 0.854. The molecule has 3 heteroatoms. The topological polar surface area (TPSA) is 29.3 Å². The Kier molecular flexibility index (Phi) is 3.19. The SMILES string of the molecule is CNc1ccn2c(CCc3ccccc3)ncc2c1. The lowest BCUT2D eigenvalue weighted by Gasteiger charge is -2.04. The van der Waals surface area contributed by atoms with Crippen LogP contribution < -0.4 is 5.32 Å². The smallest absolute Gasteiger partial charge is 0.113 e. The highest BCUT2D eigenvalue weighted by molar-refractivity contribution is 5.57. The molecule has 0 atom stereocenters. The number of pyridine rings is 1. The summed E-state index contributed by atoms with van der Waals surface area (Å²) in [7, 11) is 1.93. The Morgan fingerprint density at radius 3 is 2.74 bits per heavy atom. The second-order valence-corrected chi connectivity index (χ2v) is 4.62. The predicted molar refractivity (Wildman–Crippen MR) is 78.6 cm³/mol. The second-order valence-electron chi connectivity index (χ2n) is 4.62. The number of rotatable bonds is 4. The summed E-state index contributed by atoms with van der Waals surface area (Å²) in [4.78, 5) is 4.52. The van der Waals surface area contributed by atoms with Gasteiger partial charge in [0.15, 0.2) is 0 Å². The molecule has 0 aliphatic heterocycles. The van der Waals surface area contributed by atoms with E-state index in [1.807, 2.05) is 19.3 Å². The molecule has 96 valence electrons. The Morgan fingerprint density at radius 2 is 1.95 bits per heavy atom. The van der Waals surface area contributed by atoms with Gasteiger partial charge in [0.05, 0.1) is 11.7 Å². The summed E-state index contributed by atoms with van der Waals surface area (Å²) in [5.74, 6) is 1.11. The molecule has 0 fully saturated rings. The summed E-state index contributed by atoms with van der Waals surface area (Å²) in [5.41, 5.74) is 3.60. The highest BCUT2D eigenvalue weighted by Crippen LogP contribution is 2.14. The predicted octanol–water partition coefficient (Wildman–Crippen LogP) is 3.16. The number of hydrogen-bond acceptors (Lipinski definition) is 2. The second kappa shape index (κ2) is 5.14. The first-order valence-electron chi connectivity index (χ1n) is 6.54. The number of fused-ring (bicyclic) bond motifs is 1. The summed E-state index contributed by atoms with van der Waals surface area (Å²) < 4.78 is 2.16. The van der Waals surface area contributed by atoms with Crippen LogP contribution in [-0.4, -0.2) is 16.4 Å². The van der Waals surface area contributed by atoms with Crippen LogP contribution in [0.4, 0.5) is 5.69 Å². The Bertz CT molecular complexity index is 671. The highest BCUT2D eigenvalue weighted by atomic mass is 15.0. The van der Waals surface area contributed by atoms with E-state index in [4.69, 9.17) is 0 Å². The quantitative estimate of drug-likeness (QED) is 0.771. The van der Waals surface area contributed by atoms with Crippen molar-refractivity contribution in [2.75, 3.05) is 12.4 Å². The third-order valence-corrected chi connectivity index (χ3v) is 3.38. The van der Waals surface area contributed by atoms with E-state index < -0.39 is 0 Å². The van der Waals surface area contributed by atoms with Crippen LogP contribution in [0.3, 0.4) is 0 Å². The van der Waals surface area contributed by atoms with E-state index in [0.29, 0.717) is 0 Å². The summed E-state index contributed by atoms with van der Waals surface area (Å²) in [6, 6.07) is 14.7. The van der Waals surface area contributed by atoms with E-state index in [-0.39, 0.29) is 0 Å². The minimum atomic E-state index is 0.955. The van der Waals surface area contributed by atoms with E-state index >= 15 is 0 Å². The van der Waals surface area contributed by atoms with Crippen molar-refractivity contribution in [3.05, 3.63) is 66.2 Å². The van der Waals surface area contributed by atoms with Crippen molar-refractivity contribution in [3.63, 3.8) is 0 Å². The first-order chi connectivity index (χ1) is 9.36. The number of anilines is 1. The maximum absolute atomic E-state index is 4.52. The van der Waals surface area contributed by atoms with Gasteiger partial charge in [-0.15, -0.1) is 0 Å². The van der Waals surface area contributed by atoms with Gasteiger partial charge >= 0.3 is 0 Å². The molecule has 3 nitrogen and oxygen atoms in total. The molecular weight excluding hydrogens is 234 g/mol. The lowest BCUT2D eigenvalue weighted by atomic mass is 10.1. The zero-order valence-electron chi connectivity index (χ0n) is 11.0. The van der Waals surface area contributed by atoms with Crippen molar-refractivity contribution < 1.29 is 0 Å². The summed E-state index contributed by atoms with van der Waals surface area (Å²) in [5, 5.41) is 3.15. The van der Waals surface area contributed by atoms with Crippen LogP contribution in [0.15, 0.2) is 54.9 Å². The van der Waals surface area contributed by atoms with Crippen LogP contribution in [0.2, 0.25) is 0 Å². The molecule has 2 heterocycles. The Balaban J connectivity index is 1.82. The van der Waals surface area contributed by atoms with Gasteiger partial charge in [-0.25, -0.2) is 4.98 Å². The number of imidazole rings is 1. The van der Waals surface area contributed by atoms with Crippen LogP contribution in [-0.2, 0) is 12.8 Å². The van der Waals surface area contributed by atoms with Gasteiger partial charge in [-0.1, -0.05) is 30.3 Å². The molecule has 1 N–H and O–H groups in total. The number of nitrogens with one attached hydrogen (secondary N) is 1. The van der Waals surface area contributed by atoms with Gasteiger partial charge in [-0.2, -0.15) is 0 Å². The van der Waals surface area contributed by atoms with Gasteiger partial charge in [-0.3, -0.25) is 0 Å². The summed E-state index contributed by atoms with van der Waals surface area (Å²) >= 11 is 0. The highest BCUT2D eigenvalue weighted by Gasteiger charge is 2.04. The van der Waals surface area contributed by atoms with Crippen molar-refractivity contribution >= 4 is 11.2 Å². The maximum atomic E-state index is 4.52. The van der Waals surface area contributed by atoms with Crippen LogP contribution in [0.1, 0.15) is 11.4 Å². The molecule has 0 aliphatic rings. The fraction of sp³-hybridized carbons (Fsp3) is 0.188. The first-order valence-corrected chi connectivity index (χ1v) is 6.54. The Hall–Kier alpha value is -2.29. The first kappa shape index (κ1) is 11.8. The zero-order chi connectivity index (χ0) is 13.1. The largest absolute Gasteiger partial charge is 0.388 e. The average molecular weight is 251 g/mol.